The molecule has 0 fully saturated rings. The number of nitrogens with zero attached hydrogens (tertiary/aromatic N) is 6. The molecule has 21 nitrogen and oxygen atoms in total. The second kappa shape index (κ2) is 20.2. The zero-order valence-corrected chi connectivity index (χ0v) is 40.8. The van der Waals surface area contributed by atoms with E-state index in [2.05, 4.69) is 18.1 Å². The third kappa shape index (κ3) is 11.2. The molecule has 27 heteroatoms. The number of hydrogen-bond donors (Lipinski definition) is 1. The Balaban J connectivity index is 1.29. The number of Topliss-reactive ketones (excluding diaryl/α,β-unsaturated/α-hetero) is 2. The van der Waals surface area contributed by atoms with Crippen LogP contribution in [0.15, 0.2) is 124 Å². The summed E-state index contributed by atoms with van der Waals surface area (Å²) in [5.74, 6) is 0.367. The minimum atomic E-state index is -3.77. The van der Waals surface area contributed by atoms with E-state index >= 15 is 0 Å². The summed E-state index contributed by atoms with van der Waals surface area (Å²) in [6.07, 6.45) is -0.0724. The molecule has 4 unspecified atom stereocenters. The second-order valence-corrected chi connectivity index (χ2v) is 26.5. The third-order valence-corrected chi connectivity index (χ3v) is 25.1. The van der Waals surface area contributed by atoms with Crippen LogP contribution >= 0.6 is 46.0 Å². The van der Waals surface area contributed by atoms with Crippen molar-refractivity contribution in [1.82, 2.24) is 0 Å². The minimum Gasteiger partial charge on any atom is -0.508 e. The minimum absolute atomic E-state index is 0.0541. The first kappa shape index (κ1) is 48.7. The van der Waals surface area contributed by atoms with Crippen LogP contribution in [-0.2, 0) is 42.6 Å². The van der Waals surface area contributed by atoms with E-state index in [-0.39, 0.29) is 52.3 Å². The summed E-state index contributed by atoms with van der Waals surface area (Å²) < 4.78 is 99.3. The number of ketones is 2. The predicted molar refractivity (Wildman–Crippen MR) is 240 cm³/mol. The smallest absolute Gasteiger partial charge is 0.403 e. The van der Waals surface area contributed by atoms with Crippen LogP contribution in [0.25, 0.3) is 0 Å². The Morgan fingerprint density at radius 3 is 1.19 bits per heavy atom. The maximum atomic E-state index is 13.9. The average molecular weight is 989 g/mol. The van der Waals surface area contributed by atoms with E-state index in [1.54, 1.807) is 72.8 Å². The molecular formula is C36H46N6O15P6. The fourth-order valence-corrected chi connectivity index (χ4v) is 23.2. The largest absolute Gasteiger partial charge is 0.508 e. The van der Waals surface area contributed by atoms with Crippen LogP contribution in [0, 0.1) is 0 Å². The summed E-state index contributed by atoms with van der Waals surface area (Å²) in [6.45, 7) is 1.43. The van der Waals surface area contributed by atoms with E-state index in [0.717, 1.165) is 0 Å². The average Bonchev–Trinajstić information content (AvgIpc) is 3.29. The zero-order valence-electron chi connectivity index (χ0n) is 35.5. The molecule has 1 N–H and O–H groups in total. The molecule has 6 rings (SSSR count). The fourth-order valence-electron chi connectivity index (χ4n) is 5.58. The molecule has 2 aliphatic heterocycles. The van der Waals surface area contributed by atoms with Crippen LogP contribution in [-0.4, -0.2) is 73.6 Å². The van der Waals surface area contributed by atoms with Crippen LogP contribution in [0.3, 0.4) is 0 Å². The Labute approximate surface area is 365 Å². The number of hydrogen-bond acceptors (Lipinski definition) is 21. The van der Waals surface area contributed by atoms with Gasteiger partial charge in [-0.3, -0.25) is 9.59 Å². The maximum Gasteiger partial charge on any atom is 0.403 e. The van der Waals surface area contributed by atoms with Gasteiger partial charge >= 0.3 is 46.0 Å². The van der Waals surface area contributed by atoms with Crippen molar-refractivity contribution in [1.29, 1.82) is 0 Å². The zero-order chi connectivity index (χ0) is 45.5. The van der Waals surface area contributed by atoms with Gasteiger partial charge in [-0.2, -0.15) is 0 Å². The molecule has 4 atom stereocenters. The van der Waals surface area contributed by atoms with Crippen molar-refractivity contribution in [3.63, 3.8) is 0 Å². The first-order valence-corrected chi connectivity index (χ1v) is 27.5. The Morgan fingerprint density at radius 1 is 0.444 bits per heavy atom. The SMILES string of the molecule is COP1(OC)=NP(OC)(Oc2cccc(CC(=O)c3cccc(OP4(OC)=NP(OC)(OC)=NP(OC)(Oc5cccc(C(C)=O)c5)=N4)c3)c2)=NP(OC)(Oc2cccc(O)c2)=N1. The number of rotatable bonds is 20. The lowest BCUT2D eigenvalue weighted by molar-refractivity contribution is 0.0989. The molecule has 4 aromatic carbocycles. The van der Waals surface area contributed by atoms with Gasteiger partial charge in [0.2, 0.25) is 0 Å². The molecule has 2 heterocycles. The number of benzene rings is 4. The lowest BCUT2D eigenvalue weighted by Crippen LogP contribution is -2.06. The lowest BCUT2D eigenvalue weighted by Gasteiger charge is -2.31. The van der Waals surface area contributed by atoms with E-state index in [4.69, 9.17) is 63.3 Å². The summed E-state index contributed by atoms with van der Waals surface area (Å²) in [6, 6.07) is 25.6. The van der Waals surface area contributed by atoms with Crippen molar-refractivity contribution in [3.05, 3.63) is 114 Å². The van der Waals surface area contributed by atoms with Gasteiger partial charge < -0.3 is 59.4 Å². The molecule has 4 aromatic rings. The number of aromatic hydroxyl groups is 1. The van der Waals surface area contributed by atoms with Crippen molar-refractivity contribution in [3.8, 4) is 28.7 Å². The highest BCUT2D eigenvalue weighted by atomic mass is 31.3. The van der Waals surface area contributed by atoms with E-state index in [9.17, 15) is 14.7 Å². The molecule has 0 bridgehead atoms. The van der Waals surface area contributed by atoms with Gasteiger partial charge in [-0.05, 0) is 61.0 Å². The van der Waals surface area contributed by atoms with Crippen molar-refractivity contribution in [2.45, 2.75) is 13.3 Å². The Kier molecular flexibility index (Phi) is 15.6. The van der Waals surface area contributed by atoms with Gasteiger partial charge in [0, 0.05) is 80.5 Å². The Hall–Kier alpha value is -3.72. The summed E-state index contributed by atoms with van der Waals surface area (Å²) in [5, 5.41) is 10.1. The maximum absolute atomic E-state index is 13.9. The molecule has 63 heavy (non-hydrogen) atoms. The van der Waals surface area contributed by atoms with E-state index in [1.165, 1.54) is 88.1 Å². The first-order valence-electron chi connectivity index (χ1n) is 18.3. The molecule has 0 amide bonds. The Bertz CT molecular complexity index is 2730. The number of phenols is 1. The molecule has 0 saturated carbocycles. The van der Waals surface area contributed by atoms with Gasteiger partial charge in [0.25, 0.3) is 0 Å². The molecule has 340 valence electrons. The van der Waals surface area contributed by atoms with Crippen LogP contribution in [0.4, 0.5) is 0 Å². The number of carbonyl (C=O) groups is 2. The molecule has 0 spiro atoms. The number of phenolic OH excluding ortho intramolecular Hbond substituents is 1. The second-order valence-electron chi connectivity index (χ2n) is 12.7. The number of carbonyl (C=O) groups excluding carboxylic acids is 2. The lowest BCUT2D eigenvalue weighted by atomic mass is 10.0. The third-order valence-electron chi connectivity index (χ3n) is 8.63. The molecule has 0 aromatic heterocycles. The van der Waals surface area contributed by atoms with Gasteiger partial charge in [-0.15, -0.1) is 27.1 Å². The van der Waals surface area contributed by atoms with Crippen LogP contribution < -0.4 is 18.1 Å². The monoisotopic (exact) mass is 988 g/mol. The first-order chi connectivity index (χ1) is 30.1. The molecule has 0 radical (unpaired) electrons. The van der Waals surface area contributed by atoms with E-state index in [1.807, 2.05) is 0 Å². The van der Waals surface area contributed by atoms with Gasteiger partial charge in [0.1, 0.15) is 28.7 Å². The molecule has 0 saturated heterocycles. The van der Waals surface area contributed by atoms with Gasteiger partial charge in [0.05, 0.1) is 0 Å². The summed E-state index contributed by atoms with van der Waals surface area (Å²) in [5.41, 5.74) is 1.25. The Morgan fingerprint density at radius 2 is 0.778 bits per heavy atom. The van der Waals surface area contributed by atoms with E-state index in [0.29, 0.717) is 11.1 Å². The van der Waals surface area contributed by atoms with Crippen molar-refractivity contribution in [2.24, 2.45) is 27.1 Å². The van der Waals surface area contributed by atoms with Gasteiger partial charge in [-0.25, -0.2) is 0 Å². The van der Waals surface area contributed by atoms with Gasteiger partial charge in [0.15, 0.2) is 11.6 Å². The molecule has 0 aliphatic carbocycles. The van der Waals surface area contributed by atoms with Crippen LogP contribution in [0.1, 0.15) is 33.2 Å². The van der Waals surface area contributed by atoms with Crippen molar-refractivity contribution in [2.75, 3.05) is 56.9 Å². The van der Waals surface area contributed by atoms with E-state index < -0.39 is 46.0 Å². The fraction of sp³-hybridized carbons (Fsp3) is 0.278. The van der Waals surface area contributed by atoms with Crippen molar-refractivity contribution < 1.29 is 69.0 Å². The van der Waals surface area contributed by atoms with Gasteiger partial charge in [-0.1, -0.05) is 42.5 Å². The molecule has 2 aliphatic rings. The highest BCUT2D eigenvalue weighted by Crippen LogP contribution is 2.80. The molecular weight excluding hydrogens is 942 g/mol. The highest BCUT2D eigenvalue weighted by molar-refractivity contribution is 7.79. The van der Waals surface area contributed by atoms with Crippen LogP contribution in [0.2, 0.25) is 0 Å². The normalized spacial score (nSPS) is 24.4. The highest BCUT2D eigenvalue weighted by Gasteiger charge is 2.45. The standard InChI is InChI=1S/C36H46N6O15P6/c1-27(43)29-15-11-19-33(24-29)55-61(51-7)38-59(48-4,49-5)39-62(42-61,52-8)56-34-20-12-16-30(25-34)36(45)23-28-14-10-18-32(22-28)54-60(50-6)37-58(46-2,47-3)40-63(41-60,53-9)57-35-21-13-17-31(44)26-35/h10-22,24-26,44H,23H2,1-9H3. The summed E-state index contributed by atoms with van der Waals surface area (Å²) in [7, 11) is -11.0. The van der Waals surface area contributed by atoms with Crippen molar-refractivity contribution >= 4 is 57.5 Å². The van der Waals surface area contributed by atoms with Crippen LogP contribution in [0.5, 0.6) is 28.7 Å². The summed E-state index contributed by atoms with van der Waals surface area (Å²) >= 11 is 0. The predicted octanol–water partition coefficient (Wildman–Crippen LogP) is 12.8. The quantitative estimate of drug-likeness (QED) is 0.0640. The topological polar surface area (TPSA) is 239 Å². The summed E-state index contributed by atoms with van der Waals surface area (Å²) in [4.78, 5) is 26.1.